The van der Waals surface area contributed by atoms with E-state index in [1.807, 2.05) is 0 Å². The lowest BCUT2D eigenvalue weighted by atomic mass is 10.3. The molecular weight excluding hydrogens is 153 g/mol. The second-order valence-electron chi connectivity index (χ2n) is 1.56. The molecule has 1 aromatic rings. The molecule has 59 valence electrons. The van der Waals surface area contributed by atoms with Crippen LogP contribution >= 0.6 is 0 Å². The lowest BCUT2D eigenvalue weighted by Gasteiger charge is -1.84. The van der Waals surface area contributed by atoms with E-state index in [0.717, 1.165) is 6.07 Å². The van der Waals surface area contributed by atoms with Crippen LogP contribution < -0.4 is 0 Å². The van der Waals surface area contributed by atoms with Crippen molar-refractivity contribution in [3.8, 4) is 0 Å². The van der Waals surface area contributed by atoms with E-state index in [1.165, 1.54) is 18.2 Å². The van der Waals surface area contributed by atoms with E-state index in [0.29, 0.717) is 0 Å². The molecule has 0 saturated carbocycles. The average Bonchev–Trinajstić information content (AvgIpc) is 1.88. The van der Waals surface area contributed by atoms with Crippen LogP contribution in [0.15, 0.2) is 24.3 Å². The third-order valence-electron chi connectivity index (χ3n) is 0.787. The van der Waals surface area contributed by atoms with Gasteiger partial charge in [-0.3, -0.25) is 0 Å². The molecule has 1 radical (unpaired) electrons. The summed E-state index contributed by atoms with van der Waals surface area (Å²) < 4.78 is 23.9. The van der Waals surface area contributed by atoms with Crippen molar-refractivity contribution in [3.05, 3.63) is 35.9 Å². The van der Waals surface area contributed by atoms with Crippen molar-refractivity contribution >= 4 is 7.69 Å². The molecule has 1 aromatic carbocycles. The number of hydrogen-bond donors (Lipinski definition) is 2. The van der Waals surface area contributed by atoms with Crippen LogP contribution in [0.25, 0.3) is 0 Å². The quantitative estimate of drug-likeness (QED) is 0.540. The smallest absolute Gasteiger partial charge is 0.429 e. The zero-order chi connectivity index (χ0) is 8.69. The van der Waals surface area contributed by atoms with E-state index >= 15 is 0 Å². The van der Waals surface area contributed by atoms with E-state index in [9.17, 15) is 8.78 Å². The zero-order valence-electron chi connectivity index (χ0n) is 5.54. The van der Waals surface area contributed by atoms with Crippen LogP contribution in [0, 0.1) is 11.6 Å². The van der Waals surface area contributed by atoms with Crippen LogP contribution in [-0.4, -0.2) is 17.7 Å². The molecule has 2 N–H and O–H groups in total. The molecule has 0 heterocycles. The third-order valence-corrected chi connectivity index (χ3v) is 0.787. The lowest BCUT2D eigenvalue weighted by Crippen LogP contribution is -1.75. The lowest BCUT2D eigenvalue weighted by molar-refractivity contribution is 0.448. The van der Waals surface area contributed by atoms with Crippen LogP contribution in [0.3, 0.4) is 0 Å². The molecule has 1 rings (SSSR count). The highest BCUT2D eigenvalue weighted by Gasteiger charge is 1.88. The van der Waals surface area contributed by atoms with Gasteiger partial charge in [-0.05, 0) is 12.1 Å². The molecule has 11 heavy (non-hydrogen) atoms. The maximum atomic E-state index is 11.9. The van der Waals surface area contributed by atoms with Gasteiger partial charge in [0.15, 0.2) is 0 Å². The molecule has 0 atom stereocenters. The molecule has 0 saturated heterocycles. The fourth-order valence-electron chi connectivity index (χ4n) is 0.460. The molecule has 5 heteroatoms. The first kappa shape index (κ1) is 10.1. The Balaban J connectivity index is 0.000000292. The van der Waals surface area contributed by atoms with Crippen molar-refractivity contribution in [2.45, 2.75) is 0 Å². The van der Waals surface area contributed by atoms with Gasteiger partial charge in [0, 0.05) is 6.07 Å². The molecule has 0 spiro atoms. The first-order chi connectivity index (χ1) is 5.20. The Labute approximate surface area is 63.4 Å². The first-order valence-corrected chi connectivity index (χ1v) is 2.72. The van der Waals surface area contributed by atoms with Crippen molar-refractivity contribution in [3.63, 3.8) is 0 Å². The molecule has 0 bridgehead atoms. The Bertz CT molecular complexity index is 190. The van der Waals surface area contributed by atoms with Crippen LogP contribution in [0.2, 0.25) is 0 Å². The molecule has 0 aliphatic carbocycles. The van der Waals surface area contributed by atoms with Gasteiger partial charge in [0.25, 0.3) is 0 Å². The molecule has 0 amide bonds. The Morgan fingerprint density at radius 1 is 1.09 bits per heavy atom. The Morgan fingerprint density at radius 2 is 1.45 bits per heavy atom. The van der Waals surface area contributed by atoms with Crippen LogP contribution in [0.1, 0.15) is 0 Å². The number of hydrogen-bond acceptors (Lipinski definition) is 2. The van der Waals surface area contributed by atoms with Crippen molar-refractivity contribution in [1.29, 1.82) is 0 Å². The summed E-state index contributed by atoms with van der Waals surface area (Å²) in [5.41, 5.74) is 0. The predicted molar refractivity (Wildman–Crippen MR) is 36.5 cm³/mol. The second kappa shape index (κ2) is 5.82. The molecular formula is C6H6BF2O2. The maximum absolute atomic E-state index is 11.9. The Morgan fingerprint density at radius 3 is 1.64 bits per heavy atom. The summed E-state index contributed by atoms with van der Waals surface area (Å²) in [7, 11) is 0. The van der Waals surface area contributed by atoms with E-state index in [-0.39, 0.29) is 7.69 Å². The normalized spacial score (nSPS) is 8.00. The predicted octanol–water partition coefficient (Wildman–Crippen LogP) is 0.470. The fourth-order valence-corrected chi connectivity index (χ4v) is 0.460. The summed E-state index contributed by atoms with van der Waals surface area (Å²) in [6.45, 7) is 0. The van der Waals surface area contributed by atoms with Crippen molar-refractivity contribution in [2.75, 3.05) is 0 Å². The van der Waals surface area contributed by atoms with Gasteiger partial charge >= 0.3 is 7.69 Å². The second-order valence-corrected chi connectivity index (χ2v) is 1.56. The molecule has 0 unspecified atom stereocenters. The number of benzene rings is 1. The summed E-state index contributed by atoms with van der Waals surface area (Å²) in [5.74, 6) is -1.07. The van der Waals surface area contributed by atoms with Crippen LogP contribution in [0.4, 0.5) is 8.78 Å². The molecule has 0 fully saturated rings. The SMILES string of the molecule is Fc1cccc(F)c1.O[B]O. The van der Waals surface area contributed by atoms with Crippen LogP contribution in [0.5, 0.6) is 0 Å². The van der Waals surface area contributed by atoms with Gasteiger partial charge in [0.05, 0.1) is 0 Å². The van der Waals surface area contributed by atoms with Gasteiger partial charge in [-0.15, -0.1) is 0 Å². The van der Waals surface area contributed by atoms with Gasteiger partial charge in [0.2, 0.25) is 0 Å². The monoisotopic (exact) mass is 159 g/mol. The topological polar surface area (TPSA) is 40.5 Å². The van der Waals surface area contributed by atoms with Gasteiger partial charge in [-0.2, -0.15) is 0 Å². The minimum atomic E-state index is -0.537. The minimum absolute atomic E-state index is 0. The maximum Gasteiger partial charge on any atom is 0.482 e. The summed E-state index contributed by atoms with van der Waals surface area (Å²) in [6, 6.07) is 4.55. The largest absolute Gasteiger partial charge is 0.482 e. The van der Waals surface area contributed by atoms with Crippen molar-refractivity contribution < 1.29 is 18.8 Å². The molecule has 0 aromatic heterocycles. The fraction of sp³-hybridized carbons (Fsp3) is 0. The summed E-state index contributed by atoms with van der Waals surface area (Å²) in [5, 5.41) is 14.0. The highest BCUT2D eigenvalue weighted by atomic mass is 19.1. The summed E-state index contributed by atoms with van der Waals surface area (Å²) >= 11 is 0. The number of rotatable bonds is 0. The molecule has 2 nitrogen and oxygen atoms in total. The van der Waals surface area contributed by atoms with Crippen molar-refractivity contribution in [2.24, 2.45) is 0 Å². The average molecular weight is 159 g/mol. The standard InChI is InChI=1S/C6H4F2.BH2O2/c7-5-2-1-3-6(8)4-5;2-1-3/h1-4H;2-3H. The molecule has 0 aliphatic heterocycles. The highest BCUT2D eigenvalue weighted by molar-refractivity contribution is 6.13. The van der Waals surface area contributed by atoms with Crippen molar-refractivity contribution in [1.82, 2.24) is 0 Å². The molecule has 0 aliphatic rings. The number of halogens is 2. The van der Waals surface area contributed by atoms with E-state index < -0.39 is 11.6 Å². The summed E-state index contributed by atoms with van der Waals surface area (Å²) in [6.07, 6.45) is 0. The summed E-state index contributed by atoms with van der Waals surface area (Å²) in [4.78, 5) is 0. The van der Waals surface area contributed by atoms with Gasteiger partial charge in [-0.1, -0.05) is 6.07 Å². The van der Waals surface area contributed by atoms with Crippen LogP contribution in [-0.2, 0) is 0 Å². The highest BCUT2D eigenvalue weighted by Crippen LogP contribution is 1.99. The Hall–Kier alpha value is -0.935. The zero-order valence-corrected chi connectivity index (χ0v) is 5.54. The van der Waals surface area contributed by atoms with Gasteiger partial charge in [-0.25, -0.2) is 8.78 Å². The first-order valence-electron chi connectivity index (χ1n) is 2.72. The van der Waals surface area contributed by atoms with Gasteiger partial charge in [0.1, 0.15) is 11.6 Å². The van der Waals surface area contributed by atoms with Gasteiger partial charge < -0.3 is 10.0 Å². The van der Waals surface area contributed by atoms with E-state index in [2.05, 4.69) is 0 Å². The van der Waals surface area contributed by atoms with E-state index in [4.69, 9.17) is 10.0 Å². The Kier molecular flexibility index (Phi) is 5.33. The van der Waals surface area contributed by atoms with E-state index in [1.54, 1.807) is 0 Å². The third kappa shape index (κ3) is 5.51. The minimum Gasteiger partial charge on any atom is -0.429 e.